The molecule has 0 aromatic carbocycles. The fourth-order valence-electron chi connectivity index (χ4n) is 2.09. The number of aryl methyl sites for hydroxylation is 1. The van der Waals surface area contributed by atoms with Crippen LogP contribution in [0.15, 0.2) is 12.5 Å². The minimum absolute atomic E-state index is 0.513. The van der Waals surface area contributed by atoms with Gasteiger partial charge in [0.1, 0.15) is 0 Å². The molecule has 1 aliphatic rings. The predicted octanol–water partition coefficient (Wildman–Crippen LogP) is 1.56. The first kappa shape index (κ1) is 11.6. The molecule has 4 nitrogen and oxygen atoms in total. The van der Waals surface area contributed by atoms with Gasteiger partial charge < -0.3 is 14.6 Å². The lowest BCUT2D eigenvalue weighted by Crippen LogP contribution is -2.36. The third-order valence-corrected chi connectivity index (χ3v) is 3.00. The summed E-state index contributed by atoms with van der Waals surface area (Å²) in [6, 6.07) is 0.513. The van der Waals surface area contributed by atoms with Crippen LogP contribution in [0, 0.1) is 0 Å². The minimum atomic E-state index is 0.513. The standard InChI is InChI=1S/C12H21N3O/c1-2-5-15-10-13-7-12(15)8-14-11-4-3-6-16-9-11/h7,10-11,14H,2-6,8-9H2,1H3. The van der Waals surface area contributed by atoms with Crippen molar-refractivity contribution in [1.29, 1.82) is 0 Å². The average molecular weight is 223 g/mol. The molecule has 2 heterocycles. The fourth-order valence-corrected chi connectivity index (χ4v) is 2.09. The Morgan fingerprint density at radius 2 is 2.56 bits per heavy atom. The van der Waals surface area contributed by atoms with Crippen LogP contribution in [-0.4, -0.2) is 28.8 Å². The SMILES string of the molecule is CCCn1cncc1CNC1CCCOC1. The van der Waals surface area contributed by atoms with E-state index in [1.807, 2.05) is 12.5 Å². The molecule has 1 fully saturated rings. The first-order chi connectivity index (χ1) is 7.90. The summed E-state index contributed by atoms with van der Waals surface area (Å²) in [7, 11) is 0. The summed E-state index contributed by atoms with van der Waals surface area (Å²) >= 11 is 0. The van der Waals surface area contributed by atoms with Gasteiger partial charge in [-0.3, -0.25) is 0 Å². The predicted molar refractivity (Wildman–Crippen MR) is 63.2 cm³/mol. The van der Waals surface area contributed by atoms with Gasteiger partial charge in [-0.15, -0.1) is 0 Å². The number of aromatic nitrogens is 2. The highest BCUT2D eigenvalue weighted by molar-refractivity contribution is 4.98. The van der Waals surface area contributed by atoms with E-state index in [1.54, 1.807) is 0 Å². The lowest BCUT2D eigenvalue weighted by atomic mass is 10.1. The van der Waals surface area contributed by atoms with Gasteiger partial charge >= 0.3 is 0 Å². The summed E-state index contributed by atoms with van der Waals surface area (Å²) < 4.78 is 7.66. The molecule has 16 heavy (non-hydrogen) atoms. The molecule has 0 spiro atoms. The number of rotatable bonds is 5. The molecule has 0 amide bonds. The van der Waals surface area contributed by atoms with E-state index in [-0.39, 0.29) is 0 Å². The first-order valence-electron chi connectivity index (χ1n) is 6.20. The number of hydrogen-bond acceptors (Lipinski definition) is 3. The Hall–Kier alpha value is -0.870. The maximum Gasteiger partial charge on any atom is 0.0948 e. The van der Waals surface area contributed by atoms with Crippen LogP contribution in [0.2, 0.25) is 0 Å². The van der Waals surface area contributed by atoms with Crippen molar-refractivity contribution in [1.82, 2.24) is 14.9 Å². The van der Waals surface area contributed by atoms with Gasteiger partial charge in [0.15, 0.2) is 0 Å². The van der Waals surface area contributed by atoms with E-state index < -0.39 is 0 Å². The van der Waals surface area contributed by atoms with Crippen molar-refractivity contribution in [2.24, 2.45) is 0 Å². The number of nitrogens with one attached hydrogen (secondary N) is 1. The van der Waals surface area contributed by atoms with E-state index in [2.05, 4.69) is 21.8 Å². The Morgan fingerprint density at radius 3 is 3.31 bits per heavy atom. The molecular weight excluding hydrogens is 202 g/mol. The second-order valence-electron chi connectivity index (χ2n) is 4.37. The summed E-state index contributed by atoms with van der Waals surface area (Å²) in [5.74, 6) is 0. The summed E-state index contributed by atoms with van der Waals surface area (Å²) in [6.45, 7) is 5.91. The van der Waals surface area contributed by atoms with Crippen LogP contribution in [0.4, 0.5) is 0 Å². The minimum Gasteiger partial charge on any atom is -0.380 e. The third kappa shape index (κ3) is 3.06. The highest BCUT2D eigenvalue weighted by Gasteiger charge is 2.13. The zero-order valence-electron chi connectivity index (χ0n) is 9.98. The van der Waals surface area contributed by atoms with Crippen molar-refractivity contribution < 1.29 is 4.74 Å². The van der Waals surface area contributed by atoms with E-state index >= 15 is 0 Å². The molecule has 1 N–H and O–H groups in total. The van der Waals surface area contributed by atoms with Gasteiger partial charge in [-0.05, 0) is 19.3 Å². The fraction of sp³-hybridized carbons (Fsp3) is 0.750. The molecule has 0 radical (unpaired) electrons. The van der Waals surface area contributed by atoms with Crippen LogP contribution in [0.25, 0.3) is 0 Å². The highest BCUT2D eigenvalue weighted by Crippen LogP contribution is 2.07. The summed E-state index contributed by atoms with van der Waals surface area (Å²) in [4.78, 5) is 4.20. The molecule has 1 aromatic rings. The molecule has 1 unspecified atom stereocenters. The molecule has 1 saturated heterocycles. The van der Waals surface area contributed by atoms with Gasteiger partial charge in [0.05, 0.1) is 18.6 Å². The maximum atomic E-state index is 5.44. The Kier molecular flexibility index (Phi) is 4.36. The molecule has 1 aromatic heterocycles. The zero-order valence-corrected chi connectivity index (χ0v) is 9.98. The van der Waals surface area contributed by atoms with Gasteiger partial charge in [0, 0.05) is 31.9 Å². The van der Waals surface area contributed by atoms with Gasteiger partial charge in [0.2, 0.25) is 0 Å². The van der Waals surface area contributed by atoms with Crippen molar-refractivity contribution in [3.05, 3.63) is 18.2 Å². The smallest absolute Gasteiger partial charge is 0.0948 e. The number of imidazole rings is 1. The number of nitrogens with zero attached hydrogens (tertiary/aromatic N) is 2. The third-order valence-electron chi connectivity index (χ3n) is 3.00. The van der Waals surface area contributed by atoms with E-state index in [0.29, 0.717) is 6.04 Å². The molecule has 90 valence electrons. The van der Waals surface area contributed by atoms with Crippen LogP contribution in [0.1, 0.15) is 31.9 Å². The Labute approximate surface area is 97.0 Å². The quantitative estimate of drug-likeness (QED) is 0.823. The molecule has 0 aliphatic carbocycles. The van der Waals surface area contributed by atoms with Crippen molar-refractivity contribution in [2.75, 3.05) is 13.2 Å². The molecule has 0 saturated carbocycles. The topological polar surface area (TPSA) is 39.1 Å². The molecule has 1 aliphatic heterocycles. The number of ether oxygens (including phenoxy) is 1. The molecule has 4 heteroatoms. The second kappa shape index (κ2) is 6.01. The van der Waals surface area contributed by atoms with E-state index in [4.69, 9.17) is 4.74 Å². The lowest BCUT2D eigenvalue weighted by molar-refractivity contribution is 0.0697. The average Bonchev–Trinajstić information content (AvgIpc) is 2.76. The van der Waals surface area contributed by atoms with Crippen LogP contribution < -0.4 is 5.32 Å². The maximum absolute atomic E-state index is 5.44. The normalized spacial score (nSPS) is 21.2. The van der Waals surface area contributed by atoms with E-state index in [0.717, 1.165) is 32.7 Å². The molecular formula is C12H21N3O. The van der Waals surface area contributed by atoms with Gasteiger partial charge in [-0.2, -0.15) is 0 Å². The molecule has 0 bridgehead atoms. The lowest BCUT2D eigenvalue weighted by Gasteiger charge is -2.23. The van der Waals surface area contributed by atoms with Crippen molar-refractivity contribution in [2.45, 2.75) is 45.3 Å². The Bertz CT molecular complexity index is 305. The summed E-state index contributed by atoms with van der Waals surface area (Å²) in [5.41, 5.74) is 1.27. The van der Waals surface area contributed by atoms with E-state index in [9.17, 15) is 0 Å². The van der Waals surface area contributed by atoms with Crippen LogP contribution >= 0.6 is 0 Å². The monoisotopic (exact) mass is 223 g/mol. The Balaban J connectivity index is 1.81. The van der Waals surface area contributed by atoms with Gasteiger partial charge in [-0.1, -0.05) is 6.92 Å². The highest BCUT2D eigenvalue weighted by atomic mass is 16.5. The van der Waals surface area contributed by atoms with Crippen LogP contribution in [0.3, 0.4) is 0 Å². The van der Waals surface area contributed by atoms with Crippen molar-refractivity contribution in [3.63, 3.8) is 0 Å². The zero-order chi connectivity index (χ0) is 11.2. The van der Waals surface area contributed by atoms with Crippen LogP contribution in [-0.2, 0) is 17.8 Å². The largest absolute Gasteiger partial charge is 0.380 e. The molecule has 2 rings (SSSR count). The van der Waals surface area contributed by atoms with E-state index in [1.165, 1.54) is 18.5 Å². The summed E-state index contributed by atoms with van der Waals surface area (Å²) in [6.07, 6.45) is 7.41. The molecule has 1 atom stereocenters. The second-order valence-corrected chi connectivity index (χ2v) is 4.37. The first-order valence-corrected chi connectivity index (χ1v) is 6.20. The van der Waals surface area contributed by atoms with Crippen molar-refractivity contribution >= 4 is 0 Å². The van der Waals surface area contributed by atoms with Gasteiger partial charge in [-0.25, -0.2) is 4.98 Å². The van der Waals surface area contributed by atoms with Crippen molar-refractivity contribution in [3.8, 4) is 0 Å². The van der Waals surface area contributed by atoms with Gasteiger partial charge in [0.25, 0.3) is 0 Å². The number of hydrogen-bond donors (Lipinski definition) is 1. The van der Waals surface area contributed by atoms with Crippen LogP contribution in [0.5, 0.6) is 0 Å². The summed E-state index contributed by atoms with van der Waals surface area (Å²) in [5, 5.41) is 3.54. The Morgan fingerprint density at radius 1 is 1.62 bits per heavy atom.